The molecule has 2 rings (SSSR count). The molecule has 1 fully saturated rings. The number of methoxy groups -OCH3 is 2. The van der Waals surface area contributed by atoms with E-state index < -0.39 is 12.2 Å². The summed E-state index contributed by atoms with van der Waals surface area (Å²) in [5.41, 5.74) is 7.20. The van der Waals surface area contributed by atoms with Crippen molar-refractivity contribution in [2.24, 2.45) is 0 Å². The van der Waals surface area contributed by atoms with Gasteiger partial charge in [0.15, 0.2) is 11.5 Å². The van der Waals surface area contributed by atoms with E-state index in [-0.39, 0.29) is 0 Å². The number of anilines is 2. The predicted octanol–water partition coefficient (Wildman–Crippen LogP) is -0.172. The number of hydrogen-bond donors (Lipinski definition) is 3. The van der Waals surface area contributed by atoms with Gasteiger partial charge in [0.25, 0.3) is 0 Å². The van der Waals surface area contributed by atoms with Crippen LogP contribution in [-0.2, 0) is 0 Å². The van der Waals surface area contributed by atoms with Gasteiger partial charge in [-0.2, -0.15) is 0 Å². The number of nitrogen functional groups attached to an aromatic ring is 1. The molecule has 0 bridgehead atoms. The third-order valence-corrected chi connectivity index (χ3v) is 3.13. The number of benzene rings is 1. The number of rotatable bonds is 3. The fourth-order valence-corrected chi connectivity index (χ4v) is 2.12. The maximum absolute atomic E-state index is 9.56. The average molecular weight is 254 g/mol. The number of ether oxygens (including phenoxy) is 2. The van der Waals surface area contributed by atoms with Crippen molar-refractivity contribution >= 4 is 11.4 Å². The predicted molar refractivity (Wildman–Crippen MR) is 68.2 cm³/mol. The van der Waals surface area contributed by atoms with Crippen LogP contribution in [0.3, 0.4) is 0 Å². The Morgan fingerprint density at radius 3 is 2.11 bits per heavy atom. The molecular formula is C12H18N2O4. The van der Waals surface area contributed by atoms with E-state index in [0.29, 0.717) is 30.3 Å². The maximum atomic E-state index is 9.56. The number of aliphatic hydroxyl groups is 2. The third-order valence-electron chi connectivity index (χ3n) is 3.13. The van der Waals surface area contributed by atoms with Gasteiger partial charge in [-0.1, -0.05) is 0 Å². The topological polar surface area (TPSA) is 88.2 Å². The lowest BCUT2D eigenvalue weighted by Gasteiger charge is -2.21. The molecule has 0 aromatic heterocycles. The highest BCUT2D eigenvalue weighted by molar-refractivity contribution is 5.73. The van der Waals surface area contributed by atoms with Crippen LogP contribution in [0.1, 0.15) is 0 Å². The van der Waals surface area contributed by atoms with Gasteiger partial charge in [0.2, 0.25) is 0 Å². The first-order valence-electron chi connectivity index (χ1n) is 5.69. The normalized spacial score (nSPS) is 23.2. The Morgan fingerprint density at radius 2 is 1.61 bits per heavy atom. The van der Waals surface area contributed by atoms with Crippen molar-refractivity contribution in [1.82, 2.24) is 0 Å². The van der Waals surface area contributed by atoms with Crippen LogP contribution >= 0.6 is 0 Å². The SMILES string of the molecule is COc1cc(N)c(N2CC(O)C(O)C2)cc1OC. The van der Waals surface area contributed by atoms with E-state index >= 15 is 0 Å². The van der Waals surface area contributed by atoms with E-state index in [1.165, 1.54) is 0 Å². The van der Waals surface area contributed by atoms with Gasteiger partial charge in [-0.15, -0.1) is 0 Å². The molecule has 2 unspecified atom stereocenters. The van der Waals surface area contributed by atoms with Crippen LogP contribution in [0.4, 0.5) is 11.4 Å². The summed E-state index contributed by atoms with van der Waals surface area (Å²) in [7, 11) is 3.09. The van der Waals surface area contributed by atoms with Gasteiger partial charge in [0, 0.05) is 25.2 Å². The molecule has 0 saturated carbocycles. The summed E-state index contributed by atoms with van der Waals surface area (Å²) in [6.07, 6.45) is -1.50. The van der Waals surface area contributed by atoms with Crippen molar-refractivity contribution < 1.29 is 19.7 Å². The van der Waals surface area contributed by atoms with E-state index in [0.717, 1.165) is 5.69 Å². The zero-order valence-corrected chi connectivity index (χ0v) is 10.5. The first kappa shape index (κ1) is 12.8. The summed E-state index contributed by atoms with van der Waals surface area (Å²) >= 11 is 0. The zero-order valence-electron chi connectivity index (χ0n) is 10.5. The summed E-state index contributed by atoms with van der Waals surface area (Å²) in [6, 6.07) is 3.42. The summed E-state index contributed by atoms with van der Waals surface area (Å²) in [5, 5.41) is 19.1. The second-order valence-corrected chi connectivity index (χ2v) is 4.31. The van der Waals surface area contributed by atoms with Gasteiger partial charge in [-0.3, -0.25) is 0 Å². The Balaban J connectivity index is 2.34. The van der Waals surface area contributed by atoms with Crippen LogP contribution in [-0.4, -0.2) is 49.7 Å². The van der Waals surface area contributed by atoms with Crippen molar-refractivity contribution in [2.45, 2.75) is 12.2 Å². The Labute approximate surface area is 106 Å². The number of aliphatic hydroxyl groups excluding tert-OH is 2. The highest BCUT2D eigenvalue weighted by Crippen LogP contribution is 2.37. The molecule has 0 spiro atoms. The molecule has 1 aliphatic rings. The van der Waals surface area contributed by atoms with Gasteiger partial charge in [0.05, 0.1) is 37.8 Å². The van der Waals surface area contributed by atoms with E-state index in [4.69, 9.17) is 15.2 Å². The van der Waals surface area contributed by atoms with Crippen LogP contribution in [0, 0.1) is 0 Å². The molecule has 2 atom stereocenters. The monoisotopic (exact) mass is 254 g/mol. The quantitative estimate of drug-likeness (QED) is 0.649. The minimum Gasteiger partial charge on any atom is -0.493 e. The molecule has 0 radical (unpaired) electrons. The number of hydrogen-bond acceptors (Lipinski definition) is 6. The number of nitrogens with two attached hydrogens (primary N) is 1. The molecule has 1 aliphatic heterocycles. The third kappa shape index (κ3) is 2.16. The molecule has 1 aromatic rings. The van der Waals surface area contributed by atoms with Gasteiger partial charge >= 0.3 is 0 Å². The van der Waals surface area contributed by atoms with Crippen LogP contribution in [0.5, 0.6) is 11.5 Å². The summed E-state index contributed by atoms with van der Waals surface area (Å²) in [6.45, 7) is 0.696. The lowest BCUT2D eigenvalue weighted by atomic mass is 10.2. The molecule has 0 amide bonds. The van der Waals surface area contributed by atoms with Crippen molar-refractivity contribution in [3.8, 4) is 11.5 Å². The Hall–Kier alpha value is -1.66. The van der Waals surface area contributed by atoms with E-state index in [1.54, 1.807) is 26.4 Å². The van der Waals surface area contributed by atoms with E-state index in [1.807, 2.05) is 4.90 Å². The molecule has 1 aromatic carbocycles. The molecule has 6 heteroatoms. The largest absolute Gasteiger partial charge is 0.493 e. The van der Waals surface area contributed by atoms with E-state index in [9.17, 15) is 10.2 Å². The van der Waals surface area contributed by atoms with Crippen LogP contribution < -0.4 is 20.1 Å². The first-order valence-corrected chi connectivity index (χ1v) is 5.69. The molecule has 4 N–H and O–H groups in total. The molecule has 1 saturated heterocycles. The Bertz CT molecular complexity index is 428. The lowest BCUT2D eigenvalue weighted by Crippen LogP contribution is -2.22. The highest BCUT2D eigenvalue weighted by atomic mass is 16.5. The standard InChI is InChI=1S/C12H18N2O4/c1-17-11-3-7(13)8(4-12(11)18-2)14-5-9(15)10(16)6-14/h3-4,9-10,15-16H,5-6,13H2,1-2H3. The van der Waals surface area contributed by atoms with Crippen molar-refractivity contribution in [3.05, 3.63) is 12.1 Å². The highest BCUT2D eigenvalue weighted by Gasteiger charge is 2.31. The molecule has 6 nitrogen and oxygen atoms in total. The lowest BCUT2D eigenvalue weighted by molar-refractivity contribution is 0.0572. The summed E-state index contributed by atoms with van der Waals surface area (Å²) < 4.78 is 10.4. The molecule has 1 heterocycles. The number of β-amino-alcohol motifs (C(OH)–C–C–N with tert-alkyl or cyclic N) is 2. The van der Waals surface area contributed by atoms with Crippen LogP contribution in [0.2, 0.25) is 0 Å². The van der Waals surface area contributed by atoms with Crippen LogP contribution in [0.25, 0.3) is 0 Å². The summed E-state index contributed by atoms with van der Waals surface area (Å²) in [4.78, 5) is 1.83. The molecule has 18 heavy (non-hydrogen) atoms. The average Bonchev–Trinajstić information content (AvgIpc) is 2.69. The van der Waals surface area contributed by atoms with Gasteiger partial charge in [-0.25, -0.2) is 0 Å². The van der Waals surface area contributed by atoms with Gasteiger partial charge in [0.1, 0.15) is 0 Å². The fourth-order valence-electron chi connectivity index (χ4n) is 2.12. The zero-order chi connectivity index (χ0) is 13.3. The van der Waals surface area contributed by atoms with Gasteiger partial charge in [-0.05, 0) is 0 Å². The maximum Gasteiger partial charge on any atom is 0.162 e. The fraction of sp³-hybridized carbons (Fsp3) is 0.500. The van der Waals surface area contributed by atoms with Crippen molar-refractivity contribution in [2.75, 3.05) is 37.9 Å². The Kier molecular flexibility index (Phi) is 3.49. The van der Waals surface area contributed by atoms with Crippen LogP contribution in [0.15, 0.2) is 12.1 Å². The minimum absolute atomic E-state index is 0.348. The second-order valence-electron chi connectivity index (χ2n) is 4.31. The van der Waals surface area contributed by atoms with Gasteiger partial charge < -0.3 is 30.3 Å². The number of nitrogens with zero attached hydrogens (tertiary/aromatic N) is 1. The van der Waals surface area contributed by atoms with E-state index in [2.05, 4.69) is 0 Å². The molecule has 0 aliphatic carbocycles. The van der Waals surface area contributed by atoms with Crippen molar-refractivity contribution in [1.29, 1.82) is 0 Å². The second kappa shape index (κ2) is 4.91. The molecule has 100 valence electrons. The molecular weight excluding hydrogens is 236 g/mol. The first-order chi connectivity index (χ1) is 8.56. The Morgan fingerprint density at radius 1 is 1.11 bits per heavy atom. The minimum atomic E-state index is -0.752. The van der Waals surface area contributed by atoms with Crippen molar-refractivity contribution in [3.63, 3.8) is 0 Å². The summed E-state index contributed by atoms with van der Waals surface area (Å²) in [5.74, 6) is 1.12. The smallest absolute Gasteiger partial charge is 0.162 e.